The summed E-state index contributed by atoms with van der Waals surface area (Å²) in [6, 6.07) is 7.77. The first kappa shape index (κ1) is 16.2. The van der Waals surface area contributed by atoms with E-state index < -0.39 is 7.59 Å². The zero-order chi connectivity index (χ0) is 9.61. The second kappa shape index (κ2) is 8.07. The summed E-state index contributed by atoms with van der Waals surface area (Å²) in [5.74, 6) is 0. The van der Waals surface area contributed by atoms with Crippen molar-refractivity contribution in [2.75, 3.05) is 0 Å². The molecule has 82 valence electrons. The zero-order valence-electron chi connectivity index (χ0n) is 10.0. The molecule has 0 rings (SSSR count). The van der Waals surface area contributed by atoms with Crippen molar-refractivity contribution in [3.8, 4) is 0 Å². The molecule has 0 aromatic heterocycles. The second-order valence-corrected chi connectivity index (χ2v) is 17.9. The summed E-state index contributed by atoms with van der Waals surface area (Å²) >= 11 is 0. The van der Waals surface area contributed by atoms with Crippen LogP contribution < -0.4 is 0 Å². The Bertz CT molecular complexity index is 101. The Kier molecular flexibility index (Phi) is 10.0. The maximum Gasteiger partial charge on any atom is 0.0432 e. The number of hydrogen-bond acceptors (Lipinski definition) is 0. The SMILES string of the molecule is CC[SiH](CC)[Si](CC)(CC)CC.Cl. The molecule has 13 heavy (non-hydrogen) atoms. The third kappa shape index (κ3) is 3.76. The Hall–Kier alpha value is 0.724. The topological polar surface area (TPSA) is 0 Å². The van der Waals surface area contributed by atoms with E-state index in [9.17, 15) is 0 Å². The van der Waals surface area contributed by atoms with Gasteiger partial charge >= 0.3 is 0 Å². The number of rotatable bonds is 6. The highest BCUT2D eigenvalue weighted by molar-refractivity contribution is 7.33. The molecule has 0 radical (unpaired) electrons. The highest BCUT2D eigenvalue weighted by atomic mass is 35.5. The Labute approximate surface area is 93.3 Å². The summed E-state index contributed by atoms with van der Waals surface area (Å²) in [7, 11) is -1.01. The van der Waals surface area contributed by atoms with Gasteiger partial charge in [0, 0.05) is 15.9 Å². The largest absolute Gasteiger partial charge is 0.147 e. The lowest BCUT2D eigenvalue weighted by molar-refractivity contribution is 1.19. The summed E-state index contributed by atoms with van der Waals surface area (Å²) in [4.78, 5) is 0. The fraction of sp³-hybridized carbons (Fsp3) is 1.00. The third-order valence-corrected chi connectivity index (χ3v) is 23.2. The molecular formula is C10H27ClSi2. The minimum absolute atomic E-state index is 0. The molecule has 3 heteroatoms. The smallest absolute Gasteiger partial charge is 0.0432 e. The van der Waals surface area contributed by atoms with E-state index >= 15 is 0 Å². The van der Waals surface area contributed by atoms with Crippen LogP contribution in [-0.2, 0) is 0 Å². The number of halogens is 1. The zero-order valence-corrected chi connectivity index (χ0v) is 13.0. The van der Waals surface area contributed by atoms with E-state index in [0.29, 0.717) is 0 Å². The van der Waals surface area contributed by atoms with Gasteiger partial charge in [-0.15, -0.1) is 12.4 Å². The molecule has 0 aliphatic heterocycles. The molecule has 0 bridgehead atoms. The van der Waals surface area contributed by atoms with Crippen molar-refractivity contribution in [1.82, 2.24) is 0 Å². The van der Waals surface area contributed by atoms with Gasteiger partial charge in [0.25, 0.3) is 0 Å². The lowest BCUT2D eigenvalue weighted by Gasteiger charge is -2.35. The van der Waals surface area contributed by atoms with Gasteiger partial charge in [-0.05, 0) is 0 Å². The van der Waals surface area contributed by atoms with Gasteiger partial charge < -0.3 is 0 Å². The summed E-state index contributed by atoms with van der Waals surface area (Å²) in [5.41, 5.74) is 0. The maximum absolute atomic E-state index is 2.45. The van der Waals surface area contributed by atoms with Crippen molar-refractivity contribution in [3.63, 3.8) is 0 Å². The van der Waals surface area contributed by atoms with Gasteiger partial charge in [-0.3, -0.25) is 0 Å². The Balaban J connectivity index is 0. The highest BCUT2D eigenvalue weighted by Crippen LogP contribution is 2.27. The standard InChI is InChI=1S/C10H26Si2.ClH/c1-6-11(7-2)12(8-3,9-4)10-5;/h11H,6-10H2,1-5H3;1H. The molecule has 0 atom stereocenters. The van der Waals surface area contributed by atoms with Gasteiger partial charge in [0.2, 0.25) is 0 Å². The van der Waals surface area contributed by atoms with Gasteiger partial charge in [-0.2, -0.15) is 0 Å². The van der Waals surface area contributed by atoms with Crippen molar-refractivity contribution in [2.45, 2.75) is 64.8 Å². The molecule has 0 unspecified atom stereocenters. The van der Waals surface area contributed by atoms with Crippen LogP contribution in [0.15, 0.2) is 0 Å². The molecule has 0 amide bonds. The summed E-state index contributed by atoms with van der Waals surface area (Å²) < 4.78 is 0. The Morgan fingerprint density at radius 1 is 0.769 bits per heavy atom. The Morgan fingerprint density at radius 2 is 1.08 bits per heavy atom. The van der Waals surface area contributed by atoms with Crippen LogP contribution in [0.5, 0.6) is 0 Å². The van der Waals surface area contributed by atoms with Crippen LogP contribution in [0.25, 0.3) is 0 Å². The van der Waals surface area contributed by atoms with Crippen LogP contribution in [-0.4, -0.2) is 15.9 Å². The predicted molar refractivity (Wildman–Crippen MR) is 72.6 cm³/mol. The lowest BCUT2D eigenvalue weighted by atomic mass is 10.9. The Morgan fingerprint density at radius 3 is 1.15 bits per heavy atom. The molecular weight excluding hydrogens is 212 g/mol. The van der Waals surface area contributed by atoms with Crippen LogP contribution in [0.1, 0.15) is 34.6 Å². The minimum atomic E-state index is -0.708. The minimum Gasteiger partial charge on any atom is -0.147 e. The summed E-state index contributed by atoms with van der Waals surface area (Å²) in [5, 5.41) is 0. The van der Waals surface area contributed by atoms with Crippen molar-refractivity contribution in [3.05, 3.63) is 0 Å². The van der Waals surface area contributed by atoms with Gasteiger partial charge in [-0.25, -0.2) is 0 Å². The molecule has 0 aliphatic rings. The molecule has 0 aromatic carbocycles. The maximum atomic E-state index is 2.45. The molecule has 0 fully saturated rings. The van der Waals surface area contributed by atoms with Gasteiger partial charge in [0.05, 0.1) is 0 Å². The third-order valence-electron chi connectivity index (χ3n) is 3.96. The average molecular weight is 239 g/mol. The monoisotopic (exact) mass is 238 g/mol. The molecule has 0 N–H and O–H groups in total. The predicted octanol–water partition coefficient (Wildman–Crippen LogP) is 4.26. The van der Waals surface area contributed by atoms with Crippen molar-refractivity contribution < 1.29 is 0 Å². The van der Waals surface area contributed by atoms with E-state index in [1.54, 1.807) is 30.2 Å². The van der Waals surface area contributed by atoms with Crippen LogP contribution >= 0.6 is 12.4 Å². The van der Waals surface area contributed by atoms with E-state index in [1.807, 2.05) is 0 Å². The lowest BCUT2D eigenvalue weighted by Crippen LogP contribution is -2.48. The van der Waals surface area contributed by atoms with E-state index in [1.165, 1.54) is 0 Å². The van der Waals surface area contributed by atoms with Crippen LogP contribution in [0, 0.1) is 0 Å². The van der Waals surface area contributed by atoms with Gasteiger partial charge in [0.15, 0.2) is 0 Å². The van der Waals surface area contributed by atoms with Crippen LogP contribution in [0.4, 0.5) is 0 Å². The molecule has 0 saturated heterocycles. The molecule has 0 nitrogen and oxygen atoms in total. The fourth-order valence-corrected chi connectivity index (χ4v) is 18.7. The summed E-state index contributed by atoms with van der Waals surface area (Å²) in [6.45, 7) is 12.2. The van der Waals surface area contributed by atoms with Crippen LogP contribution in [0.2, 0.25) is 30.2 Å². The van der Waals surface area contributed by atoms with Crippen molar-refractivity contribution in [2.24, 2.45) is 0 Å². The van der Waals surface area contributed by atoms with Crippen LogP contribution in [0.3, 0.4) is 0 Å². The average Bonchev–Trinajstić information content (AvgIpc) is 2.14. The van der Waals surface area contributed by atoms with Gasteiger partial charge in [0.1, 0.15) is 0 Å². The molecule has 0 heterocycles. The highest BCUT2D eigenvalue weighted by Gasteiger charge is 2.34. The normalized spacial score (nSPS) is 11.5. The van der Waals surface area contributed by atoms with E-state index in [0.717, 1.165) is 0 Å². The van der Waals surface area contributed by atoms with E-state index in [2.05, 4.69) is 34.6 Å². The number of hydrogen-bond donors (Lipinski definition) is 0. The van der Waals surface area contributed by atoms with Gasteiger partial charge in [-0.1, -0.05) is 64.8 Å². The van der Waals surface area contributed by atoms with E-state index in [-0.39, 0.29) is 20.7 Å². The molecule has 0 aromatic rings. The first-order valence-corrected chi connectivity index (χ1v) is 11.8. The quantitative estimate of drug-likeness (QED) is 0.607. The molecule has 0 spiro atoms. The summed E-state index contributed by atoms with van der Waals surface area (Å²) in [6.07, 6.45) is 0. The first-order chi connectivity index (χ1) is 5.70. The van der Waals surface area contributed by atoms with Crippen molar-refractivity contribution in [1.29, 1.82) is 0 Å². The fourth-order valence-electron chi connectivity index (χ4n) is 2.77. The van der Waals surface area contributed by atoms with E-state index in [4.69, 9.17) is 0 Å². The molecule has 0 saturated carbocycles. The van der Waals surface area contributed by atoms with Crippen molar-refractivity contribution >= 4 is 28.3 Å². The molecule has 0 aliphatic carbocycles. The second-order valence-electron chi connectivity index (χ2n) is 3.94. The first-order valence-electron chi connectivity index (χ1n) is 5.70.